The lowest BCUT2D eigenvalue weighted by Gasteiger charge is -2.19. The maximum absolute atomic E-state index is 13.9. The van der Waals surface area contributed by atoms with Gasteiger partial charge in [0.05, 0.1) is 16.6 Å². The Bertz CT molecular complexity index is 1460. The maximum Gasteiger partial charge on any atom is 0.193 e. The topological polar surface area (TPSA) is 46.9 Å². The van der Waals surface area contributed by atoms with Crippen molar-refractivity contribution in [2.75, 3.05) is 5.32 Å². The van der Waals surface area contributed by atoms with Gasteiger partial charge < -0.3 is 5.32 Å². The molecule has 4 aromatic rings. The normalized spacial score (nSPS) is 19.2. The monoisotopic (exact) mass is 423 g/mol. The SMILES string of the molecule is O=c1cc(Nc2ccccc2)n(-c2ccccc2)c2cc(C3=CC=C(F)C4CC34)ncc12.[HH]. The van der Waals surface area contributed by atoms with E-state index in [0.717, 1.165) is 34.6 Å². The molecule has 2 unspecified atom stereocenters. The number of para-hydroxylation sites is 2. The van der Waals surface area contributed by atoms with Gasteiger partial charge in [0, 0.05) is 31.0 Å². The Morgan fingerprint density at radius 1 is 0.969 bits per heavy atom. The van der Waals surface area contributed by atoms with Gasteiger partial charge in [0.1, 0.15) is 11.6 Å². The van der Waals surface area contributed by atoms with Gasteiger partial charge in [-0.25, -0.2) is 4.39 Å². The van der Waals surface area contributed by atoms with Crippen LogP contribution in [0.3, 0.4) is 0 Å². The molecule has 0 amide bonds. The van der Waals surface area contributed by atoms with Crippen LogP contribution in [0.5, 0.6) is 0 Å². The molecule has 0 saturated heterocycles. The Morgan fingerprint density at radius 3 is 2.50 bits per heavy atom. The largest absolute Gasteiger partial charge is 0.341 e. The van der Waals surface area contributed by atoms with E-state index in [2.05, 4.69) is 10.3 Å². The highest BCUT2D eigenvalue weighted by molar-refractivity contribution is 5.86. The van der Waals surface area contributed by atoms with Crippen molar-refractivity contribution in [1.82, 2.24) is 9.55 Å². The van der Waals surface area contributed by atoms with Gasteiger partial charge in [-0.1, -0.05) is 42.5 Å². The van der Waals surface area contributed by atoms with Gasteiger partial charge >= 0.3 is 0 Å². The molecule has 1 saturated carbocycles. The molecule has 2 aliphatic carbocycles. The minimum absolute atomic E-state index is 0. The third-order valence-corrected chi connectivity index (χ3v) is 6.22. The van der Waals surface area contributed by atoms with Gasteiger partial charge in [-0.2, -0.15) is 0 Å². The van der Waals surface area contributed by atoms with Gasteiger partial charge in [-0.3, -0.25) is 14.3 Å². The highest BCUT2D eigenvalue weighted by atomic mass is 19.1. The van der Waals surface area contributed by atoms with Crippen LogP contribution in [-0.4, -0.2) is 9.55 Å². The zero-order valence-electron chi connectivity index (χ0n) is 17.2. The standard InChI is InChI=1S/C27H20FN3O.H2/c28-23-12-11-19(20-13-21(20)23)24-14-25-22(16-29-24)26(32)15-27(30-17-7-3-1-4-8-17)31(25)18-9-5-2-6-10-18;/h1-12,14-16,20-21,30H,13H2;1H. The van der Waals surface area contributed by atoms with Crippen LogP contribution in [0, 0.1) is 11.8 Å². The van der Waals surface area contributed by atoms with E-state index >= 15 is 0 Å². The zero-order valence-corrected chi connectivity index (χ0v) is 17.2. The maximum atomic E-state index is 13.9. The molecule has 2 aromatic heterocycles. The van der Waals surface area contributed by atoms with E-state index in [-0.39, 0.29) is 24.5 Å². The summed E-state index contributed by atoms with van der Waals surface area (Å²) in [6.45, 7) is 0. The molecule has 1 fully saturated rings. The molecule has 2 heterocycles. The number of aromatic nitrogens is 2. The predicted molar refractivity (Wildman–Crippen MR) is 128 cm³/mol. The van der Waals surface area contributed by atoms with Crippen LogP contribution in [0.15, 0.2) is 102 Å². The first-order valence-corrected chi connectivity index (χ1v) is 10.7. The molecule has 0 bridgehead atoms. The summed E-state index contributed by atoms with van der Waals surface area (Å²) in [6, 6.07) is 23.3. The van der Waals surface area contributed by atoms with Crippen molar-refractivity contribution >= 4 is 28.0 Å². The Kier molecular flexibility index (Phi) is 4.28. The molecule has 158 valence electrons. The molecule has 2 atom stereocenters. The molecule has 4 nitrogen and oxygen atoms in total. The summed E-state index contributed by atoms with van der Waals surface area (Å²) in [5.41, 5.74) is 4.31. The smallest absolute Gasteiger partial charge is 0.193 e. The highest BCUT2D eigenvalue weighted by Crippen LogP contribution is 2.54. The number of hydrogen-bond donors (Lipinski definition) is 1. The number of nitrogens with one attached hydrogen (secondary N) is 1. The van der Waals surface area contributed by atoms with Gasteiger partial charge in [-0.15, -0.1) is 0 Å². The molecule has 5 heteroatoms. The van der Waals surface area contributed by atoms with E-state index in [9.17, 15) is 9.18 Å². The van der Waals surface area contributed by atoms with Crippen molar-refractivity contribution < 1.29 is 5.82 Å². The van der Waals surface area contributed by atoms with Crippen molar-refractivity contribution in [2.24, 2.45) is 11.8 Å². The van der Waals surface area contributed by atoms with Crippen LogP contribution in [0.2, 0.25) is 0 Å². The Balaban J connectivity index is 0.00000228. The number of rotatable bonds is 4. The van der Waals surface area contributed by atoms with Crippen LogP contribution in [0.4, 0.5) is 15.9 Å². The molecule has 6 rings (SSSR count). The third-order valence-electron chi connectivity index (χ3n) is 6.22. The van der Waals surface area contributed by atoms with E-state index in [0.29, 0.717) is 11.2 Å². The summed E-state index contributed by atoms with van der Waals surface area (Å²) < 4.78 is 15.9. The second-order valence-electron chi connectivity index (χ2n) is 8.26. The van der Waals surface area contributed by atoms with Gasteiger partial charge in [0.15, 0.2) is 5.43 Å². The lowest BCUT2D eigenvalue weighted by molar-refractivity contribution is 0.567. The summed E-state index contributed by atoms with van der Waals surface area (Å²) in [5, 5.41) is 3.94. The van der Waals surface area contributed by atoms with Crippen molar-refractivity contribution in [2.45, 2.75) is 6.42 Å². The number of hydrogen-bond acceptors (Lipinski definition) is 3. The number of halogens is 1. The Labute approximate surface area is 185 Å². The highest BCUT2D eigenvalue weighted by Gasteiger charge is 2.45. The number of benzene rings is 2. The van der Waals surface area contributed by atoms with Crippen molar-refractivity contribution in [3.05, 3.63) is 113 Å². The van der Waals surface area contributed by atoms with Crippen molar-refractivity contribution in [3.63, 3.8) is 0 Å². The molecule has 2 aromatic carbocycles. The molecule has 32 heavy (non-hydrogen) atoms. The van der Waals surface area contributed by atoms with Crippen LogP contribution < -0.4 is 10.7 Å². The molecular weight excluding hydrogens is 401 g/mol. The average Bonchev–Trinajstić information content (AvgIpc) is 3.62. The minimum Gasteiger partial charge on any atom is -0.341 e. The van der Waals surface area contributed by atoms with E-state index in [1.165, 1.54) is 0 Å². The zero-order chi connectivity index (χ0) is 21.7. The van der Waals surface area contributed by atoms with E-state index in [1.54, 1.807) is 18.3 Å². The quantitative estimate of drug-likeness (QED) is 0.421. The number of fused-ring (bicyclic) bond motifs is 2. The number of nitrogens with zero attached hydrogens (tertiary/aromatic N) is 2. The lowest BCUT2D eigenvalue weighted by atomic mass is 9.99. The summed E-state index contributed by atoms with van der Waals surface area (Å²) in [6.07, 6.45) is 5.84. The second-order valence-corrected chi connectivity index (χ2v) is 8.26. The van der Waals surface area contributed by atoms with E-state index in [4.69, 9.17) is 0 Å². The molecule has 0 spiro atoms. The van der Waals surface area contributed by atoms with Gasteiger partial charge in [0.25, 0.3) is 0 Å². The fourth-order valence-electron chi connectivity index (χ4n) is 4.53. The van der Waals surface area contributed by atoms with Crippen LogP contribution >= 0.6 is 0 Å². The van der Waals surface area contributed by atoms with Crippen LogP contribution in [-0.2, 0) is 0 Å². The van der Waals surface area contributed by atoms with Gasteiger partial charge in [-0.05, 0) is 54.3 Å². The fraction of sp³-hybridized carbons (Fsp3) is 0.111. The Morgan fingerprint density at radius 2 is 1.72 bits per heavy atom. The predicted octanol–water partition coefficient (Wildman–Crippen LogP) is 6.26. The number of anilines is 2. The summed E-state index contributed by atoms with van der Waals surface area (Å²) >= 11 is 0. The van der Waals surface area contributed by atoms with Crippen molar-refractivity contribution in [1.29, 1.82) is 0 Å². The molecule has 0 aliphatic heterocycles. The minimum atomic E-state index is -0.0995. The molecular formula is C27H22FN3O. The summed E-state index contributed by atoms with van der Waals surface area (Å²) in [4.78, 5) is 17.6. The molecule has 1 N–H and O–H groups in total. The third kappa shape index (κ3) is 3.14. The first kappa shape index (κ1) is 18.8. The van der Waals surface area contributed by atoms with Crippen LogP contribution in [0.1, 0.15) is 13.5 Å². The average molecular weight is 423 g/mol. The first-order valence-electron chi connectivity index (χ1n) is 10.7. The molecule has 0 radical (unpaired) electrons. The van der Waals surface area contributed by atoms with Gasteiger partial charge in [0.2, 0.25) is 0 Å². The summed E-state index contributed by atoms with van der Waals surface area (Å²) in [5.74, 6) is 0.780. The van der Waals surface area contributed by atoms with Crippen molar-refractivity contribution in [3.8, 4) is 5.69 Å². The van der Waals surface area contributed by atoms with E-state index in [1.807, 2.05) is 77.4 Å². The number of pyridine rings is 2. The summed E-state index contributed by atoms with van der Waals surface area (Å²) in [7, 11) is 0. The fourth-order valence-corrected chi connectivity index (χ4v) is 4.53. The van der Waals surface area contributed by atoms with Crippen LogP contribution in [0.25, 0.3) is 22.2 Å². The van der Waals surface area contributed by atoms with E-state index < -0.39 is 0 Å². The number of allylic oxidation sites excluding steroid dienone is 4. The first-order chi connectivity index (χ1) is 15.7. The molecule has 2 aliphatic rings. The second kappa shape index (κ2) is 7.31. The lowest BCUT2D eigenvalue weighted by Crippen LogP contribution is -2.13. The Hall–Kier alpha value is -3.99.